The van der Waals surface area contributed by atoms with Gasteiger partial charge < -0.3 is 5.73 Å². The second-order valence-electron chi connectivity index (χ2n) is 5.00. The van der Waals surface area contributed by atoms with Gasteiger partial charge in [0.15, 0.2) is 0 Å². The van der Waals surface area contributed by atoms with Gasteiger partial charge in [-0.3, -0.25) is 4.90 Å². The minimum absolute atomic E-state index is 0.317. The lowest BCUT2D eigenvalue weighted by Crippen LogP contribution is -2.34. The van der Waals surface area contributed by atoms with Crippen molar-refractivity contribution in [2.75, 3.05) is 6.54 Å². The Hall–Kier alpha value is 0.280. The Labute approximate surface area is 144 Å². The largest absolute Gasteiger partial charge is 0.329 e. The Morgan fingerprint density at radius 2 is 2.20 bits per heavy atom. The zero-order chi connectivity index (χ0) is 14.1. The van der Waals surface area contributed by atoms with Crippen LogP contribution in [0.3, 0.4) is 0 Å². The fourth-order valence-electron chi connectivity index (χ4n) is 2.42. The van der Waals surface area contributed by atoms with Crippen LogP contribution in [0.5, 0.6) is 0 Å². The number of halogens is 2. The maximum Gasteiger partial charge on any atom is 0.0843 e. The van der Waals surface area contributed by atoms with Crippen LogP contribution >= 0.6 is 54.5 Å². The summed E-state index contributed by atoms with van der Waals surface area (Å²) in [6, 6.07) is 7.56. The Balaban J connectivity index is 1.84. The van der Waals surface area contributed by atoms with Crippen LogP contribution in [-0.2, 0) is 6.54 Å². The monoisotopic (exact) mass is 434 g/mol. The first-order chi connectivity index (χ1) is 9.69. The molecular weight excluding hydrogens is 420 g/mol. The van der Waals surface area contributed by atoms with Gasteiger partial charge in [0.2, 0.25) is 0 Å². The molecule has 1 atom stereocenters. The van der Waals surface area contributed by atoms with E-state index < -0.39 is 0 Å². The first kappa shape index (κ1) is 15.2. The van der Waals surface area contributed by atoms with E-state index in [1.165, 1.54) is 22.6 Å². The lowest BCUT2D eigenvalue weighted by atomic mass is 10.2. The van der Waals surface area contributed by atoms with Crippen LogP contribution in [-0.4, -0.2) is 17.5 Å². The van der Waals surface area contributed by atoms with Crippen molar-refractivity contribution in [3.63, 3.8) is 0 Å². The predicted molar refractivity (Wildman–Crippen MR) is 94.4 cm³/mol. The molecule has 0 aliphatic heterocycles. The molecule has 0 amide bonds. The van der Waals surface area contributed by atoms with Crippen LogP contribution < -0.4 is 5.73 Å². The Bertz CT molecular complexity index is 544. The molecule has 1 aliphatic carbocycles. The van der Waals surface area contributed by atoms with Gasteiger partial charge in [-0.15, -0.1) is 22.7 Å². The molecule has 0 saturated heterocycles. The van der Waals surface area contributed by atoms with Crippen LogP contribution in [0.1, 0.15) is 28.6 Å². The summed E-state index contributed by atoms with van der Waals surface area (Å²) >= 11 is 10.8. The molecule has 2 nitrogen and oxygen atoms in total. The normalized spacial score (nSPS) is 16.8. The molecule has 1 fully saturated rings. The molecule has 2 aromatic heterocycles. The van der Waals surface area contributed by atoms with E-state index in [9.17, 15) is 0 Å². The highest BCUT2D eigenvalue weighted by Gasteiger charge is 2.35. The second kappa shape index (κ2) is 6.58. The molecule has 1 aliphatic rings. The van der Waals surface area contributed by atoms with Crippen molar-refractivity contribution in [3.8, 4) is 0 Å². The maximum atomic E-state index is 6.10. The Morgan fingerprint density at radius 3 is 2.70 bits per heavy atom. The van der Waals surface area contributed by atoms with Crippen LogP contribution in [0, 0.1) is 0 Å². The molecule has 3 rings (SSSR count). The number of hydrogen-bond acceptors (Lipinski definition) is 4. The lowest BCUT2D eigenvalue weighted by molar-refractivity contribution is 0.186. The van der Waals surface area contributed by atoms with E-state index in [4.69, 9.17) is 5.73 Å². The number of hydrogen-bond donors (Lipinski definition) is 1. The molecule has 2 N–H and O–H groups in total. The average Bonchev–Trinajstić information content (AvgIpc) is 3.05. The summed E-state index contributed by atoms with van der Waals surface area (Å²) in [5.74, 6) is 0. The fraction of sp³-hybridized carbons (Fsp3) is 0.429. The van der Waals surface area contributed by atoms with Gasteiger partial charge in [0.25, 0.3) is 0 Å². The topological polar surface area (TPSA) is 29.3 Å². The number of nitrogens with zero attached hydrogens (tertiary/aromatic N) is 1. The molecule has 0 radical (unpaired) electrons. The summed E-state index contributed by atoms with van der Waals surface area (Å²) < 4.78 is 2.28. The van der Waals surface area contributed by atoms with Gasteiger partial charge in [0.05, 0.1) is 9.83 Å². The molecule has 0 bridgehead atoms. The van der Waals surface area contributed by atoms with E-state index in [0.717, 1.165) is 14.8 Å². The molecule has 6 heteroatoms. The molecule has 1 unspecified atom stereocenters. The van der Waals surface area contributed by atoms with Gasteiger partial charge >= 0.3 is 0 Å². The van der Waals surface area contributed by atoms with E-state index in [0.29, 0.717) is 18.6 Å². The molecule has 108 valence electrons. The average molecular weight is 436 g/mol. The minimum atomic E-state index is 0.317. The number of thiophene rings is 2. The summed E-state index contributed by atoms with van der Waals surface area (Å²) in [4.78, 5) is 5.34. The van der Waals surface area contributed by atoms with Crippen molar-refractivity contribution in [2.24, 2.45) is 5.73 Å². The number of rotatable bonds is 6. The first-order valence-corrected chi connectivity index (χ1v) is 9.90. The highest BCUT2D eigenvalue weighted by atomic mass is 79.9. The van der Waals surface area contributed by atoms with Crippen LogP contribution in [0.2, 0.25) is 0 Å². The van der Waals surface area contributed by atoms with E-state index in [2.05, 4.69) is 60.3 Å². The molecule has 1 saturated carbocycles. The molecule has 0 aromatic carbocycles. The van der Waals surface area contributed by atoms with Crippen LogP contribution in [0.15, 0.2) is 31.8 Å². The molecule has 2 heterocycles. The Morgan fingerprint density at radius 1 is 1.40 bits per heavy atom. The van der Waals surface area contributed by atoms with E-state index in [1.54, 1.807) is 11.3 Å². The smallest absolute Gasteiger partial charge is 0.0843 e. The second-order valence-corrected chi connectivity index (χ2v) is 9.29. The van der Waals surface area contributed by atoms with Gasteiger partial charge in [-0.05, 0) is 62.2 Å². The standard InChI is InChI=1S/C14H16Br2N2S2/c15-11-6-13(20-14(11)16)12(7-17)18(9-3-4-9)8-10-2-1-5-19-10/h1-2,5-6,9,12H,3-4,7-8,17H2. The zero-order valence-electron chi connectivity index (χ0n) is 10.9. The predicted octanol–water partition coefficient (Wildman–Crippen LogP) is 5.00. The van der Waals surface area contributed by atoms with Crippen molar-refractivity contribution >= 4 is 54.5 Å². The van der Waals surface area contributed by atoms with Gasteiger partial charge in [-0.2, -0.15) is 0 Å². The van der Waals surface area contributed by atoms with Gasteiger partial charge in [0.1, 0.15) is 0 Å². The summed E-state index contributed by atoms with van der Waals surface area (Å²) in [7, 11) is 0. The summed E-state index contributed by atoms with van der Waals surface area (Å²) in [6.07, 6.45) is 2.60. The van der Waals surface area contributed by atoms with Crippen molar-refractivity contribution in [1.29, 1.82) is 0 Å². The Kier molecular flexibility index (Phi) is 5.00. The molecule has 2 aromatic rings. The van der Waals surface area contributed by atoms with Crippen molar-refractivity contribution in [3.05, 3.63) is 41.6 Å². The summed E-state index contributed by atoms with van der Waals surface area (Å²) in [5.41, 5.74) is 6.10. The molecule has 20 heavy (non-hydrogen) atoms. The third kappa shape index (κ3) is 3.36. The lowest BCUT2D eigenvalue weighted by Gasteiger charge is -2.30. The quantitative estimate of drug-likeness (QED) is 0.691. The summed E-state index contributed by atoms with van der Waals surface area (Å²) in [6.45, 7) is 1.68. The SMILES string of the molecule is NCC(c1cc(Br)c(Br)s1)N(Cc1cccs1)C1CC1. The van der Waals surface area contributed by atoms with E-state index >= 15 is 0 Å². The van der Waals surface area contributed by atoms with Crippen molar-refractivity contribution in [2.45, 2.75) is 31.5 Å². The maximum absolute atomic E-state index is 6.10. The van der Waals surface area contributed by atoms with E-state index in [1.807, 2.05) is 11.3 Å². The third-order valence-electron chi connectivity index (χ3n) is 3.55. The summed E-state index contributed by atoms with van der Waals surface area (Å²) in [5, 5.41) is 2.15. The fourth-order valence-corrected chi connectivity index (χ4v) is 5.36. The van der Waals surface area contributed by atoms with E-state index in [-0.39, 0.29) is 0 Å². The molecular formula is C14H16Br2N2S2. The van der Waals surface area contributed by atoms with Gasteiger partial charge in [-0.25, -0.2) is 0 Å². The third-order valence-corrected chi connectivity index (χ3v) is 7.77. The highest BCUT2D eigenvalue weighted by molar-refractivity contribution is 9.13. The number of nitrogens with two attached hydrogens (primary N) is 1. The van der Waals surface area contributed by atoms with Crippen LogP contribution in [0.25, 0.3) is 0 Å². The highest BCUT2D eigenvalue weighted by Crippen LogP contribution is 2.41. The first-order valence-electron chi connectivity index (χ1n) is 6.62. The minimum Gasteiger partial charge on any atom is -0.329 e. The zero-order valence-corrected chi connectivity index (χ0v) is 15.7. The van der Waals surface area contributed by atoms with Crippen LogP contribution in [0.4, 0.5) is 0 Å². The van der Waals surface area contributed by atoms with Crippen molar-refractivity contribution < 1.29 is 0 Å². The van der Waals surface area contributed by atoms with Crippen molar-refractivity contribution in [1.82, 2.24) is 4.90 Å². The molecule has 0 spiro atoms. The van der Waals surface area contributed by atoms with Gasteiger partial charge in [-0.1, -0.05) is 6.07 Å². The van der Waals surface area contributed by atoms with Gasteiger partial charge in [0, 0.05) is 33.4 Å².